The van der Waals surface area contributed by atoms with Crippen LogP contribution >= 0.6 is 0 Å². The first-order valence-electron chi connectivity index (χ1n) is 9.71. The van der Waals surface area contributed by atoms with E-state index in [1.54, 1.807) is 6.07 Å². The van der Waals surface area contributed by atoms with E-state index in [1.807, 2.05) is 13.2 Å². The van der Waals surface area contributed by atoms with E-state index in [9.17, 15) is 9.90 Å². The summed E-state index contributed by atoms with van der Waals surface area (Å²) in [5.74, 6) is 1.50. The monoisotopic (exact) mass is 341 g/mol. The molecule has 3 atom stereocenters. The number of rotatable bonds is 3. The second-order valence-corrected chi connectivity index (χ2v) is 8.64. The van der Waals surface area contributed by atoms with Crippen molar-refractivity contribution in [3.63, 3.8) is 0 Å². The molecule has 0 amide bonds. The number of hydrogen-bond donors (Lipinski definition) is 1. The largest absolute Gasteiger partial charge is 0.508 e. The number of nitrogens with zero attached hydrogens (tertiary/aromatic N) is 1. The average Bonchev–Trinajstić information content (AvgIpc) is 3.42. The second-order valence-electron chi connectivity index (χ2n) is 8.64. The van der Waals surface area contributed by atoms with Gasteiger partial charge in [-0.05, 0) is 67.8 Å². The Balaban J connectivity index is 1.68. The first-order chi connectivity index (χ1) is 12.1. The Bertz CT molecular complexity index is 728. The smallest absolute Gasteiger partial charge is 0.134 e. The highest BCUT2D eigenvalue weighted by molar-refractivity contribution is 5.82. The van der Waals surface area contributed by atoms with Gasteiger partial charge >= 0.3 is 0 Å². The van der Waals surface area contributed by atoms with E-state index >= 15 is 0 Å². The van der Waals surface area contributed by atoms with Crippen molar-refractivity contribution in [2.75, 3.05) is 20.2 Å². The lowest BCUT2D eigenvalue weighted by atomic mass is 9.49. The molecular formula is C21H27NO3. The minimum atomic E-state index is -0.297. The van der Waals surface area contributed by atoms with Gasteiger partial charge in [-0.1, -0.05) is 6.07 Å². The number of likely N-dealkylation sites (tertiary alicyclic amines) is 1. The van der Waals surface area contributed by atoms with E-state index in [2.05, 4.69) is 11.0 Å². The molecule has 3 fully saturated rings. The van der Waals surface area contributed by atoms with Gasteiger partial charge in [-0.3, -0.25) is 9.69 Å². The van der Waals surface area contributed by atoms with Gasteiger partial charge in [-0.25, -0.2) is 0 Å². The highest BCUT2D eigenvalue weighted by Crippen LogP contribution is 2.59. The van der Waals surface area contributed by atoms with Crippen LogP contribution < -0.4 is 0 Å². The van der Waals surface area contributed by atoms with Crippen molar-refractivity contribution in [2.24, 2.45) is 5.92 Å². The van der Waals surface area contributed by atoms with E-state index < -0.39 is 0 Å². The van der Waals surface area contributed by atoms with E-state index in [0.717, 1.165) is 31.7 Å². The molecule has 1 aromatic carbocycles. The lowest BCUT2D eigenvalue weighted by molar-refractivity contribution is -0.187. The minimum absolute atomic E-state index is 0.270. The van der Waals surface area contributed by atoms with Gasteiger partial charge in [0.15, 0.2) is 0 Å². The van der Waals surface area contributed by atoms with Crippen molar-refractivity contribution >= 4 is 5.78 Å². The number of benzene rings is 1. The standard InChI is InChI=1S/C21H27NO3/c1-25-21-7-6-17(24)12-20(21)8-9-22(13-14-2-3-14)19(21)10-15-4-5-16(23)11-18(15)20/h4-5,11,14,19,23H,2-3,6-10,12-13H2,1H3/t19-,20-,21?/m1/s1. The average molecular weight is 341 g/mol. The maximum absolute atomic E-state index is 12.5. The fourth-order valence-corrected chi connectivity index (χ4v) is 6.14. The fourth-order valence-electron chi connectivity index (χ4n) is 6.14. The summed E-state index contributed by atoms with van der Waals surface area (Å²) >= 11 is 0. The fraction of sp³-hybridized carbons (Fsp3) is 0.667. The second kappa shape index (κ2) is 5.31. The van der Waals surface area contributed by atoms with Crippen LogP contribution in [0.1, 0.15) is 49.7 Å². The molecule has 2 bridgehead atoms. The number of methoxy groups -OCH3 is 1. The molecule has 1 aliphatic heterocycles. The molecule has 4 aliphatic rings. The van der Waals surface area contributed by atoms with Gasteiger partial charge in [0.1, 0.15) is 11.5 Å². The maximum Gasteiger partial charge on any atom is 0.134 e. The number of phenols is 1. The molecule has 1 saturated heterocycles. The van der Waals surface area contributed by atoms with E-state index in [4.69, 9.17) is 4.74 Å². The molecular weight excluding hydrogens is 314 g/mol. The van der Waals surface area contributed by atoms with Crippen LogP contribution in [-0.4, -0.2) is 47.6 Å². The minimum Gasteiger partial charge on any atom is -0.508 e. The summed E-state index contributed by atoms with van der Waals surface area (Å²) in [6.45, 7) is 2.21. The Morgan fingerprint density at radius 1 is 1.32 bits per heavy atom. The van der Waals surface area contributed by atoms with Crippen LogP contribution in [0.25, 0.3) is 0 Å². The van der Waals surface area contributed by atoms with Crippen molar-refractivity contribution in [1.82, 2.24) is 4.90 Å². The third kappa shape index (κ3) is 2.10. The van der Waals surface area contributed by atoms with Crippen LogP contribution in [0, 0.1) is 5.92 Å². The van der Waals surface area contributed by atoms with E-state index in [1.165, 1.54) is 30.5 Å². The zero-order chi connectivity index (χ0) is 17.2. The first-order valence-corrected chi connectivity index (χ1v) is 9.71. The third-order valence-electron chi connectivity index (χ3n) is 7.47. The molecule has 0 spiro atoms. The van der Waals surface area contributed by atoms with Gasteiger partial charge in [-0.2, -0.15) is 0 Å². The number of Topliss-reactive ketones (excluding diaryl/α,β-unsaturated/α-hetero) is 1. The van der Waals surface area contributed by atoms with Gasteiger partial charge in [0.2, 0.25) is 0 Å². The number of fused-ring (bicyclic) bond motifs is 1. The molecule has 134 valence electrons. The number of phenolic OH excluding ortho intramolecular Hbond substituents is 1. The van der Waals surface area contributed by atoms with E-state index in [-0.39, 0.29) is 11.0 Å². The molecule has 2 saturated carbocycles. The number of carbonyl (C=O) groups is 1. The predicted molar refractivity (Wildman–Crippen MR) is 94.8 cm³/mol. The molecule has 1 unspecified atom stereocenters. The van der Waals surface area contributed by atoms with Crippen molar-refractivity contribution in [1.29, 1.82) is 0 Å². The lowest BCUT2D eigenvalue weighted by Crippen LogP contribution is -2.74. The maximum atomic E-state index is 12.5. The summed E-state index contributed by atoms with van der Waals surface area (Å²) in [6.07, 6.45) is 6.62. The van der Waals surface area contributed by atoms with Crippen LogP contribution in [-0.2, 0) is 21.4 Å². The number of piperidine rings is 1. The molecule has 0 aromatic heterocycles. The molecule has 0 radical (unpaired) electrons. The number of ketones is 1. The summed E-state index contributed by atoms with van der Waals surface area (Å²) in [6, 6.07) is 6.12. The topological polar surface area (TPSA) is 49.8 Å². The predicted octanol–water partition coefficient (Wildman–Crippen LogP) is 2.81. The van der Waals surface area contributed by atoms with Crippen molar-refractivity contribution in [3.05, 3.63) is 29.3 Å². The third-order valence-corrected chi connectivity index (χ3v) is 7.47. The van der Waals surface area contributed by atoms with Crippen LogP contribution in [0.15, 0.2) is 18.2 Å². The molecule has 5 rings (SSSR count). The summed E-state index contributed by atoms with van der Waals surface area (Å²) in [5, 5.41) is 10.1. The van der Waals surface area contributed by atoms with Crippen molar-refractivity contribution in [3.8, 4) is 5.75 Å². The van der Waals surface area contributed by atoms with E-state index in [0.29, 0.717) is 30.4 Å². The number of carbonyl (C=O) groups excluding carboxylic acids is 1. The molecule has 25 heavy (non-hydrogen) atoms. The van der Waals surface area contributed by atoms with Gasteiger partial charge in [0, 0.05) is 38.0 Å². The van der Waals surface area contributed by atoms with Crippen molar-refractivity contribution < 1.29 is 14.6 Å². The lowest BCUT2D eigenvalue weighted by Gasteiger charge is -2.65. The number of ether oxygens (including phenoxy) is 1. The Hall–Kier alpha value is -1.39. The highest BCUT2D eigenvalue weighted by Gasteiger charge is 2.65. The Kier molecular flexibility index (Phi) is 3.36. The molecule has 4 nitrogen and oxygen atoms in total. The zero-order valence-electron chi connectivity index (χ0n) is 15.0. The summed E-state index contributed by atoms with van der Waals surface area (Å²) < 4.78 is 6.34. The van der Waals surface area contributed by atoms with Crippen LogP contribution in [0.3, 0.4) is 0 Å². The molecule has 1 N–H and O–H groups in total. The Morgan fingerprint density at radius 2 is 2.16 bits per heavy atom. The summed E-state index contributed by atoms with van der Waals surface area (Å²) in [5.41, 5.74) is 1.90. The van der Waals surface area contributed by atoms with Gasteiger partial charge in [-0.15, -0.1) is 0 Å². The quantitative estimate of drug-likeness (QED) is 0.918. The zero-order valence-corrected chi connectivity index (χ0v) is 15.0. The Morgan fingerprint density at radius 3 is 2.92 bits per heavy atom. The van der Waals surface area contributed by atoms with Crippen LogP contribution in [0.5, 0.6) is 5.75 Å². The highest BCUT2D eigenvalue weighted by atomic mass is 16.5. The summed E-state index contributed by atoms with van der Waals surface area (Å²) in [7, 11) is 1.84. The molecule has 1 heterocycles. The molecule has 3 aliphatic carbocycles. The van der Waals surface area contributed by atoms with Gasteiger partial charge in [0.05, 0.1) is 5.60 Å². The van der Waals surface area contributed by atoms with Gasteiger partial charge in [0.25, 0.3) is 0 Å². The van der Waals surface area contributed by atoms with Crippen molar-refractivity contribution in [2.45, 2.75) is 62.0 Å². The van der Waals surface area contributed by atoms with Gasteiger partial charge < -0.3 is 9.84 Å². The number of hydrogen-bond acceptors (Lipinski definition) is 4. The van der Waals surface area contributed by atoms with Crippen LogP contribution in [0.2, 0.25) is 0 Å². The molecule has 1 aromatic rings. The normalized spacial score (nSPS) is 37.5. The molecule has 4 heteroatoms. The SMILES string of the molecule is COC12CCC(=O)C[C@@]13CCN(CC1CC1)[C@@H]2Cc1ccc(O)cc13. The Labute approximate surface area is 149 Å². The number of aromatic hydroxyl groups is 1. The first kappa shape index (κ1) is 15.8. The summed E-state index contributed by atoms with van der Waals surface area (Å²) in [4.78, 5) is 15.2. The van der Waals surface area contributed by atoms with Crippen LogP contribution in [0.4, 0.5) is 0 Å².